The Kier molecular flexibility index (Phi) is 8.61. The third kappa shape index (κ3) is 5.39. The van der Waals surface area contributed by atoms with Gasteiger partial charge in [-0.1, -0.05) is 0 Å². The zero-order valence-electron chi connectivity index (χ0n) is 13.9. The van der Waals surface area contributed by atoms with E-state index in [0.717, 1.165) is 0 Å². The second-order valence-corrected chi connectivity index (χ2v) is 4.70. The molecule has 8 heteroatoms. The maximum absolute atomic E-state index is 12.6. The molecule has 2 amide bonds. The van der Waals surface area contributed by atoms with Gasteiger partial charge in [-0.25, -0.2) is 9.59 Å². The molecule has 0 fully saturated rings. The van der Waals surface area contributed by atoms with Crippen LogP contribution in [0.4, 0.5) is 0 Å². The lowest BCUT2D eigenvalue weighted by Crippen LogP contribution is -2.47. The number of carboxylic acid groups (broad SMARTS) is 2. The summed E-state index contributed by atoms with van der Waals surface area (Å²) < 4.78 is 0. The SMILES string of the molecule is CCN(CC)C(=O)C(C(=O)N(CC)CC)C(=CC(=O)O)C(=O)O. The van der Waals surface area contributed by atoms with Crippen LogP contribution in [0.1, 0.15) is 27.7 Å². The first-order valence-electron chi connectivity index (χ1n) is 7.50. The maximum Gasteiger partial charge on any atom is 0.333 e. The summed E-state index contributed by atoms with van der Waals surface area (Å²) in [7, 11) is 0. The first kappa shape index (κ1) is 20.6. The Hall–Kier alpha value is -2.38. The van der Waals surface area contributed by atoms with Crippen LogP contribution in [0.25, 0.3) is 0 Å². The Bertz CT molecular complexity index is 468. The fraction of sp³-hybridized carbons (Fsp3) is 0.600. The third-order valence-electron chi connectivity index (χ3n) is 3.48. The van der Waals surface area contributed by atoms with Crippen LogP contribution in [-0.2, 0) is 19.2 Å². The highest BCUT2D eigenvalue weighted by molar-refractivity contribution is 6.11. The number of nitrogens with zero attached hydrogens (tertiary/aromatic N) is 2. The number of hydrogen-bond donors (Lipinski definition) is 2. The highest BCUT2D eigenvalue weighted by Crippen LogP contribution is 2.19. The highest BCUT2D eigenvalue weighted by atomic mass is 16.4. The smallest absolute Gasteiger partial charge is 0.333 e. The van der Waals surface area contributed by atoms with Crippen molar-refractivity contribution in [1.29, 1.82) is 0 Å². The summed E-state index contributed by atoms with van der Waals surface area (Å²) in [5, 5.41) is 18.1. The lowest BCUT2D eigenvalue weighted by atomic mass is 9.94. The number of carbonyl (C=O) groups excluding carboxylic acids is 2. The third-order valence-corrected chi connectivity index (χ3v) is 3.48. The van der Waals surface area contributed by atoms with Gasteiger partial charge in [0.1, 0.15) is 5.92 Å². The lowest BCUT2D eigenvalue weighted by molar-refractivity contribution is -0.148. The molecule has 0 atom stereocenters. The van der Waals surface area contributed by atoms with Crippen LogP contribution in [0.15, 0.2) is 11.6 Å². The van der Waals surface area contributed by atoms with Crippen molar-refractivity contribution in [3.05, 3.63) is 11.6 Å². The largest absolute Gasteiger partial charge is 0.478 e. The summed E-state index contributed by atoms with van der Waals surface area (Å²) >= 11 is 0. The first-order chi connectivity index (χ1) is 10.7. The van der Waals surface area contributed by atoms with E-state index in [-0.39, 0.29) is 26.2 Å². The van der Waals surface area contributed by atoms with Crippen molar-refractivity contribution < 1.29 is 29.4 Å². The first-order valence-corrected chi connectivity index (χ1v) is 7.50. The predicted octanol–water partition coefficient (Wildman–Crippen LogP) is 0.435. The number of aliphatic carboxylic acids is 2. The molecule has 0 radical (unpaired) electrons. The number of amides is 2. The van der Waals surface area contributed by atoms with Gasteiger partial charge in [0.05, 0.1) is 5.57 Å². The molecule has 0 saturated heterocycles. The predicted molar refractivity (Wildman–Crippen MR) is 82.7 cm³/mol. The topological polar surface area (TPSA) is 115 Å². The van der Waals surface area contributed by atoms with E-state index in [2.05, 4.69) is 0 Å². The molecule has 0 unspecified atom stereocenters. The van der Waals surface area contributed by atoms with Gasteiger partial charge in [0, 0.05) is 32.3 Å². The van der Waals surface area contributed by atoms with Crippen molar-refractivity contribution in [3.8, 4) is 0 Å². The zero-order chi connectivity index (χ0) is 18.2. The minimum atomic E-state index is -1.66. The van der Waals surface area contributed by atoms with E-state index in [1.807, 2.05) is 0 Å². The van der Waals surface area contributed by atoms with Gasteiger partial charge in [0.25, 0.3) is 0 Å². The molecule has 0 bridgehead atoms. The molecule has 0 spiro atoms. The van der Waals surface area contributed by atoms with Gasteiger partial charge in [0.15, 0.2) is 0 Å². The van der Waals surface area contributed by atoms with Crippen LogP contribution in [0.5, 0.6) is 0 Å². The van der Waals surface area contributed by atoms with Gasteiger partial charge in [-0.3, -0.25) is 9.59 Å². The molecule has 23 heavy (non-hydrogen) atoms. The van der Waals surface area contributed by atoms with Crippen LogP contribution in [-0.4, -0.2) is 69.9 Å². The molecule has 0 aromatic carbocycles. The van der Waals surface area contributed by atoms with Crippen LogP contribution in [0, 0.1) is 5.92 Å². The zero-order valence-corrected chi connectivity index (χ0v) is 13.9. The van der Waals surface area contributed by atoms with E-state index in [4.69, 9.17) is 5.11 Å². The van der Waals surface area contributed by atoms with Crippen molar-refractivity contribution in [2.24, 2.45) is 5.92 Å². The minimum absolute atomic E-state index is 0.289. The summed E-state index contributed by atoms with van der Waals surface area (Å²) in [6.07, 6.45) is 0.412. The van der Waals surface area contributed by atoms with E-state index in [9.17, 15) is 24.3 Å². The van der Waals surface area contributed by atoms with Gasteiger partial charge >= 0.3 is 11.9 Å². The van der Waals surface area contributed by atoms with Crippen LogP contribution < -0.4 is 0 Å². The number of carboxylic acids is 2. The Morgan fingerprint density at radius 3 is 1.39 bits per heavy atom. The fourth-order valence-electron chi connectivity index (χ4n) is 2.21. The maximum atomic E-state index is 12.6. The van der Waals surface area contributed by atoms with Crippen LogP contribution >= 0.6 is 0 Å². The second kappa shape index (κ2) is 9.60. The summed E-state index contributed by atoms with van der Waals surface area (Å²) in [5.41, 5.74) is -0.730. The molecular formula is C15H24N2O6. The molecule has 0 aliphatic carbocycles. The van der Waals surface area contributed by atoms with E-state index >= 15 is 0 Å². The van der Waals surface area contributed by atoms with E-state index in [0.29, 0.717) is 6.08 Å². The second-order valence-electron chi connectivity index (χ2n) is 4.70. The number of hydrogen-bond acceptors (Lipinski definition) is 4. The summed E-state index contributed by atoms with van der Waals surface area (Å²) in [4.78, 5) is 50.1. The number of carbonyl (C=O) groups is 4. The molecule has 130 valence electrons. The molecule has 0 rings (SSSR count). The normalized spacial score (nSPS) is 11.3. The molecule has 0 aromatic heterocycles. The van der Waals surface area contributed by atoms with E-state index < -0.39 is 35.2 Å². The van der Waals surface area contributed by atoms with Gasteiger partial charge < -0.3 is 20.0 Å². The van der Waals surface area contributed by atoms with Gasteiger partial charge in [-0.05, 0) is 27.7 Å². The van der Waals surface area contributed by atoms with Gasteiger partial charge in [-0.2, -0.15) is 0 Å². The molecule has 0 saturated carbocycles. The fourth-order valence-corrected chi connectivity index (χ4v) is 2.21. The lowest BCUT2D eigenvalue weighted by Gasteiger charge is -2.29. The minimum Gasteiger partial charge on any atom is -0.478 e. The summed E-state index contributed by atoms with van der Waals surface area (Å²) in [6, 6.07) is 0. The Balaban J connectivity index is 6.07. The molecule has 0 aliphatic rings. The molecule has 8 nitrogen and oxygen atoms in total. The van der Waals surface area contributed by atoms with E-state index in [1.54, 1.807) is 27.7 Å². The van der Waals surface area contributed by atoms with Crippen molar-refractivity contribution in [2.45, 2.75) is 27.7 Å². The Morgan fingerprint density at radius 1 is 0.826 bits per heavy atom. The van der Waals surface area contributed by atoms with Crippen molar-refractivity contribution in [3.63, 3.8) is 0 Å². The summed E-state index contributed by atoms with van der Waals surface area (Å²) in [6.45, 7) is 7.94. The van der Waals surface area contributed by atoms with Crippen molar-refractivity contribution in [1.82, 2.24) is 9.80 Å². The van der Waals surface area contributed by atoms with Crippen LogP contribution in [0.2, 0.25) is 0 Å². The van der Waals surface area contributed by atoms with E-state index in [1.165, 1.54) is 9.80 Å². The van der Waals surface area contributed by atoms with Crippen molar-refractivity contribution in [2.75, 3.05) is 26.2 Å². The average molecular weight is 328 g/mol. The molecule has 0 heterocycles. The molecule has 0 aromatic rings. The molecular weight excluding hydrogens is 304 g/mol. The molecule has 2 N–H and O–H groups in total. The number of rotatable bonds is 9. The van der Waals surface area contributed by atoms with Gasteiger partial charge in [0.2, 0.25) is 11.8 Å². The van der Waals surface area contributed by atoms with Crippen molar-refractivity contribution >= 4 is 23.8 Å². The average Bonchev–Trinajstić information content (AvgIpc) is 2.48. The summed E-state index contributed by atoms with van der Waals surface area (Å²) in [5.74, 6) is -6.20. The Labute approximate surface area is 135 Å². The monoisotopic (exact) mass is 328 g/mol. The molecule has 0 aliphatic heterocycles. The quantitative estimate of drug-likeness (QED) is 0.468. The van der Waals surface area contributed by atoms with Crippen LogP contribution in [0.3, 0.4) is 0 Å². The standard InChI is InChI=1S/C15H24N2O6/c1-5-16(6-2)13(20)12(14(21)17(7-3)8-4)10(15(22)23)9-11(18)19/h9,12H,5-8H2,1-4H3,(H,18,19)(H,22,23). The Morgan fingerprint density at radius 2 is 1.17 bits per heavy atom. The highest BCUT2D eigenvalue weighted by Gasteiger charge is 2.38. The van der Waals surface area contributed by atoms with Gasteiger partial charge in [-0.15, -0.1) is 0 Å².